The van der Waals surface area contributed by atoms with Gasteiger partial charge in [-0.05, 0) is 51.0 Å². The number of benzene rings is 3. The maximum absolute atomic E-state index is 11.7. The number of hydrogen-bond acceptors (Lipinski definition) is 6. The zero-order valence-electron chi connectivity index (χ0n) is 13.8. The van der Waals surface area contributed by atoms with Crippen LogP contribution in [0.5, 0.6) is 0 Å². The highest BCUT2D eigenvalue weighted by molar-refractivity contribution is 8.03. The largest absolute Gasteiger partial charge is 0.544 e. The van der Waals surface area contributed by atoms with E-state index in [1.807, 2.05) is 48.5 Å². The van der Waals surface area contributed by atoms with E-state index in [0.29, 0.717) is 5.89 Å². The minimum atomic E-state index is -1.29. The predicted octanol–water partition coefficient (Wildman–Crippen LogP) is 3.57. The van der Waals surface area contributed by atoms with E-state index in [0.717, 1.165) is 38.9 Å². The Balaban J connectivity index is 1.94. The Kier molecular flexibility index (Phi) is 4.18. The van der Waals surface area contributed by atoms with Gasteiger partial charge in [0, 0.05) is 11.8 Å². The van der Waals surface area contributed by atoms with Gasteiger partial charge in [0.05, 0.1) is 5.97 Å². The molecule has 3 aromatic carbocycles. The number of aryl methyl sites for hydroxylation is 1. The summed E-state index contributed by atoms with van der Waals surface area (Å²) >= 11 is 0.888. The second-order valence-corrected chi connectivity index (χ2v) is 6.71. The molecule has 6 heteroatoms. The molecule has 0 atom stereocenters. The highest BCUT2D eigenvalue weighted by Gasteiger charge is 2.12. The fraction of sp³-hybridized carbons (Fsp3) is 0.0500. The van der Waals surface area contributed by atoms with Gasteiger partial charge >= 0.3 is 0 Å². The quantitative estimate of drug-likeness (QED) is 0.314. The van der Waals surface area contributed by atoms with Gasteiger partial charge in [0.2, 0.25) is 5.89 Å². The van der Waals surface area contributed by atoms with Gasteiger partial charge in [-0.15, -0.1) is 10.2 Å². The SMILES string of the molecule is Cc1nnc(S/C(=C\c2c3ccccc3cc3ccccc23)C(=O)[O-])o1. The van der Waals surface area contributed by atoms with Crippen LogP contribution in [0.2, 0.25) is 0 Å². The molecule has 0 aliphatic rings. The van der Waals surface area contributed by atoms with E-state index in [-0.39, 0.29) is 10.1 Å². The molecule has 5 nitrogen and oxygen atoms in total. The smallest absolute Gasteiger partial charge is 0.281 e. The molecule has 0 spiro atoms. The molecule has 0 aliphatic carbocycles. The Morgan fingerprint density at radius 2 is 1.65 bits per heavy atom. The number of hydrogen-bond donors (Lipinski definition) is 0. The number of aromatic nitrogens is 2. The summed E-state index contributed by atoms with van der Waals surface area (Å²) in [7, 11) is 0. The van der Waals surface area contributed by atoms with Gasteiger partial charge in [0.1, 0.15) is 0 Å². The van der Waals surface area contributed by atoms with Crippen molar-refractivity contribution in [3.8, 4) is 0 Å². The van der Waals surface area contributed by atoms with E-state index in [1.54, 1.807) is 13.0 Å². The molecule has 128 valence electrons. The van der Waals surface area contributed by atoms with Gasteiger partial charge in [0.25, 0.3) is 5.22 Å². The molecule has 0 aliphatic heterocycles. The highest BCUT2D eigenvalue weighted by Crippen LogP contribution is 2.33. The maximum Gasteiger partial charge on any atom is 0.281 e. The summed E-state index contributed by atoms with van der Waals surface area (Å²) in [4.78, 5) is 11.7. The van der Waals surface area contributed by atoms with Gasteiger partial charge in [0.15, 0.2) is 0 Å². The summed E-state index contributed by atoms with van der Waals surface area (Å²) < 4.78 is 5.29. The van der Waals surface area contributed by atoms with E-state index in [1.165, 1.54) is 0 Å². The normalized spacial score (nSPS) is 12.0. The van der Waals surface area contributed by atoms with E-state index in [4.69, 9.17) is 4.42 Å². The minimum absolute atomic E-state index is 0.00940. The fourth-order valence-electron chi connectivity index (χ4n) is 2.88. The summed E-state index contributed by atoms with van der Waals surface area (Å²) in [5.74, 6) is -0.913. The standard InChI is InChI=1S/C20H14N2O3S/c1-12-21-22-20(25-12)26-18(19(23)24)11-17-15-8-4-2-6-13(15)10-14-7-3-5-9-16(14)17/h2-11H,1H3,(H,23,24)/p-1/b18-11-. The number of carboxylic acids is 1. The van der Waals surface area contributed by atoms with Crippen molar-refractivity contribution in [1.29, 1.82) is 0 Å². The molecule has 0 saturated carbocycles. The van der Waals surface area contributed by atoms with Gasteiger partial charge in [-0.3, -0.25) is 0 Å². The van der Waals surface area contributed by atoms with Crippen LogP contribution in [0.3, 0.4) is 0 Å². The summed E-state index contributed by atoms with van der Waals surface area (Å²) in [5.41, 5.74) is 0.821. The van der Waals surface area contributed by atoms with Crippen LogP contribution in [0.25, 0.3) is 27.6 Å². The Morgan fingerprint density at radius 1 is 1.04 bits per heavy atom. The van der Waals surface area contributed by atoms with Crippen LogP contribution in [0.4, 0.5) is 0 Å². The van der Waals surface area contributed by atoms with Crippen molar-refractivity contribution in [2.45, 2.75) is 12.1 Å². The molecule has 0 saturated heterocycles. The fourth-order valence-corrected chi connectivity index (χ4v) is 3.57. The third-order valence-electron chi connectivity index (χ3n) is 3.99. The highest BCUT2D eigenvalue weighted by atomic mass is 32.2. The first kappa shape index (κ1) is 16.4. The van der Waals surface area contributed by atoms with Crippen molar-refractivity contribution < 1.29 is 14.3 Å². The number of carbonyl (C=O) groups excluding carboxylic acids is 1. The van der Waals surface area contributed by atoms with Crippen LogP contribution in [0.15, 0.2) is 69.1 Å². The number of rotatable bonds is 4. The number of thioether (sulfide) groups is 1. The van der Waals surface area contributed by atoms with Gasteiger partial charge < -0.3 is 14.3 Å². The molecule has 0 radical (unpaired) electrons. The van der Waals surface area contributed by atoms with E-state index >= 15 is 0 Å². The molecular weight excluding hydrogens is 348 g/mol. The van der Waals surface area contributed by atoms with Crippen molar-refractivity contribution in [3.05, 3.63) is 71.0 Å². The molecule has 0 unspecified atom stereocenters. The monoisotopic (exact) mass is 361 g/mol. The lowest BCUT2D eigenvalue weighted by molar-refractivity contribution is -0.298. The Hall–Kier alpha value is -3.12. The van der Waals surface area contributed by atoms with Crippen LogP contribution in [0.1, 0.15) is 11.5 Å². The molecule has 1 aromatic heterocycles. The molecule has 4 rings (SSSR count). The van der Waals surface area contributed by atoms with Crippen LogP contribution < -0.4 is 5.11 Å². The third-order valence-corrected chi connectivity index (χ3v) is 4.84. The molecule has 0 N–H and O–H groups in total. The molecule has 1 heterocycles. The van der Waals surface area contributed by atoms with Crippen molar-refractivity contribution >= 4 is 45.4 Å². The molecule has 0 bridgehead atoms. The first-order chi connectivity index (χ1) is 12.6. The van der Waals surface area contributed by atoms with E-state index < -0.39 is 5.97 Å². The van der Waals surface area contributed by atoms with Crippen LogP contribution in [-0.4, -0.2) is 16.2 Å². The predicted molar refractivity (Wildman–Crippen MR) is 99.3 cm³/mol. The average molecular weight is 361 g/mol. The van der Waals surface area contributed by atoms with Crippen molar-refractivity contribution in [1.82, 2.24) is 10.2 Å². The lowest BCUT2D eigenvalue weighted by atomic mass is 9.96. The van der Waals surface area contributed by atoms with Crippen LogP contribution in [0, 0.1) is 6.92 Å². The zero-order chi connectivity index (χ0) is 18.1. The van der Waals surface area contributed by atoms with Crippen LogP contribution >= 0.6 is 11.8 Å². The van der Waals surface area contributed by atoms with Gasteiger partial charge in [-0.25, -0.2) is 0 Å². The van der Waals surface area contributed by atoms with Crippen molar-refractivity contribution in [2.24, 2.45) is 0 Å². The van der Waals surface area contributed by atoms with E-state index in [9.17, 15) is 9.90 Å². The third kappa shape index (κ3) is 3.07. The first-order valence-corrected chi connectivity index (χ1v) is 8.75. The zero-order valence-corrected chi connectivity index (χ0v) is 14.6. The van der Waals surface area contributed by atoms with Crippen molar-refractivity contribution in [3.63, 3.8) is 0 Å². The molecule has 26 heavy (non-hydrogen) atoms. The number of aliphatic carboxylic acids is 1. The van der Waals surface area contributed by atoms with Crippen molar-refractivity contribution in [2.75, 3.05) is 0 Å². The summed E-state index contributed by atoms with van der Waals surface area (Å²) in [6, 6.07) is 17.8. The summed E-state index contributed by atoms with van der Waals surface area (Å²) in [5, 5.41) is 23.4. The Bertz CT molecular complexity index is 1110. The Labute approximate surface area is 153 Å². The van der Waals surface area contributed by atoms with Crippen LogP contribution in [-0.2, 0) is 4.79 Å². The summed E-state index contributed by atoms with van der Waals surface area (Å²) in [6.45, 7) is 1.65. The molecule has 0 fully saturated rings. The number of fused-ring (bicyclic) bond motifs is 2. The molecule has 4 aromatic rings. The lowest BCUT2D eigenvalue weighted by Gasteiger charge is -2.11. The molecular formula is C20H13N2O3S-. The minimum Gasteiger partial charge on any atom is -0.544 e. The lowest BCUT2D eigenvalue weighted by Crippen LogP contribution is -2.23. The van der Waals surface area contributed by atoms with Gasteiger partial charge in [-0.2, -0.15) is 0 Å². The topological polar surface area (TPSA) is 79.0 Å². The maximum atomic E-state index is 11.7. The second-order valence-electron chi connectivity index (χ2n) is 5.72. The van der Waals surface area contributed by atoms with E-state index in [2.05, 4.69) is 16.3 Å². The molecule has 0 amide bonds. The second kappa shape index (κ2) is 6.65. The summed E-state index contributed by atoms with van der Waals surface area (Å²) in [6.07, 6.45) is 1.62. The Morgan fingerprint density at radius 3 is 2.19 bits per heavy atom. The number of carboxylic acid groups (broad SMARTS) is 1. The number of nitrogens with zero attached hydrogens (tertiary/aromatic N) is 2. The number of carbonyl (C=O) groups is 1. The van der Waals surface area contributed by atoms with Gasteiger partial charge in [-0.1, -0.05) is 48.5 Å². The average Bonchev–Trinajstić information content (AvgIpc) is 3.05. The first-order valence-electron chi connectivity index (χ1n) is 7.93.